The first-order valence-corrected chi connectivity index (χ1v) is 7.26. The van der Waals surface area contributed by atoms with Gasteiger partial charge >= 0.3 is 0 Å². The lowest BCUT2D eigenvalue weighted by molar-refractivity contribution is 0.0327. The highest BCUT2D eigenvalue weighted by Gasteiger charge is 2.17. The van der Waals surface area contributed by atoms with Gasteiger partial charge in [-0.05, 0) is 37.3 Å². The maximum absolute atomic E-state index is 13.3. The normalized spacial score (nSPS) is 18.5. The number of halogens is 1. The lowest BCUT2D eigenvalue weighted by Crippen LogP contribution is -2.39. The van der Waals surface area contributed by atoms with Gasteiger partial charge in [-0.2, -0.15) is 0 Å². The number of rotatable bonds is 3. The van der Waals surface area contributed by atoms with Gasteiger partial charge in [-0.25, -0.2) is 4.39 Å². The lowest BCUT2D eigenvalue weighted by Gasteiger charge is -2.29. The van der Waals surface area contributed by atoms with Crippen LogP contribution >= 0.6 is 12.2 Å². The third-order valence-corrected chi connectivity index (χ3v) is 4.04. The third-order valence-electron chi connectivity index (χ3n) is 3.75. The van der Waals surface area contributed by atoms with E-state index in [1.807, 2.05) is 0 Å². The highest BCUT2D eigenvalue weighted by molar-refractivity contribution is 7.71. The molecular weight excluding hydrogens is 277 g/mol. The van der Waals surface area contributed by atoms with Crippen LogP contribution in [-0.4, -0.2) is 47.3 Å². The molecule has 1 aromatic heterocycles. The first-order valence-electron chi connectivity index (χ1n) is 6.85. The molecule has 1 unspecified atom stereocenters. The molecule has 3 rings (SSSR count). The summed E-state index contributed by atoms with van der Waals surface area (Å²) in [4.78, 5) is 5.45. The fraction of sp³-hybridized carbons (Fsp3) is 0.500. The zero-order chi connectivity index (χ0) is 14.1. The lowest BCUT2D eigenvalue weighted by atomic mass is 10.2. The van der Waals surface area contributed by atoms with Crippen LogP contribution in [0.4, 0.5) is 4.39 Å². The van der Waals surface area contributed by atoms with Crippen LogP contribution in [0, 0.1) is 10.6 Å². The SMILES string of the molecule is CC(CN1CCOCC1)n1c(=S)[nH]c2cc(F)ccc21. The van der Waals surface area contributed by atoms with Crippen molar-refractivity contribution in [3.05, 3.63) is 28.8 Å². The maximum atomic E-state index is 13.3. The number of hydrogen-bond acceptors (Lipinski definition) is 3. The summed E-state index contributed by atoms with van der Waals surface area (Å²) < 4.78 is 21.3. The predicted octanol–water partition coefficient (Wildman–Crippen LogP) is 2.73. The van der Waals surface area contributed by atoms with E-state index in [1.165, 1.54) is 12.1 Å². The van der Waals surface area contributed by atoms with Crippen molar-refractivity contribution in [3.63, 3.8) is 0 Å². The van der Waals surface area contributed by atoms with Crippen LogP contribution in [0.15, 0.2) is 18.2 Å². The molecule has 2 heterocycles. The Bertz CT molecular complexity index is 660. The fourth-order valence-corrected chi connectivity index (χ4v) is 3.17. The summed E-state index contributed by atoms with van der Waals surface area (Å²) in [6.07, 6.45) is 0. The van der Waals surface area contributed by atoms with Crippen LogP contribution in [0.1, 0.15) is 13.0 Å². The van der Waals surface area contributed by atoms with Gasteiger partial charge in [0.05, 0.1) is 24.2 Å². The Balaban J connectivity index is 1.88. The smallest absolute Gasteiger partial charge is 0.178 e. The molecule has 0 saturated carbocycles. The van der Waals surface area contributed by atoms with Crippen molar-refractivity contribution in [1.29, 1.82) is 0 Å². The van der Waals surface area contributed by atoms with Crippen LogP contribution in [-0.2, 0) is 4.74 Å². The van der Waals surface area contributed by atoms with Crippen molar-refractivity contribution in [1.82, 2.24) is 14.5 Å². The first kappa shape index (κ1) is 13.7. The molecule has 1 aromatic carbocycles. The second-order valence-corrected chi connectivity index (χ2v) is 5.61. The molecule has 6 heteroatoms. The molecule has 0 bridgehead atoms. The van der Waals surface area contributed by atoms with Crippen LogP contribution < -0.4 is 0 Å². The van der Waals surface area contributed by atoms with E-state index < -0.39 is 0 Å². The summed E-state index contributed by atoms with van der Waals surface area (Å²) in [5.41, 5.74) is 1.71. The van der Waals surface area contributed by atoms with Crippen molar-refractivity contribution in [2.75, 3.05) is 32.8 Å². The number of hydrogen-bond donors (Lipinski definition) is 1. The zero-order valence-corrected chi connectivity index (χ0v) is 12.3. The van der Waals surface area contributed by atoms with E-state index in [0.29, 0.717) is 4.77 Å². The molecule has 0 spiro atoms. The molecule has 0 aliphatic carbocycles. The van der Waals surface area contributed by atoms with E-state index in [-0.39, 0.29) is 11.9 Å². The molecule has 0 radical (unpaired) electrons. The summed E-state index contributed by atoms with van der Waals surface area (Å²) in [5, 5.41) is 0. The Morgan fingerprint density at radius 1 is 1.40 bits per heavy atom. The third kappa shape index (κ3) is 2.63. The highest BCUT2D eigenvalue weighted by atomic mass is 32.1. The molecule has 1 atom stereocenters. The standard InChI is InChI=1S/C14H18FN3OS/c1-10(9-17-4-6-19-7-5-17)18-13-3-2-11(15)8-12(13)16-14(18)20/h2-3,8,10H,4-7,9H2,1H3,(H,16,20). The summed E-state index contributed by atoms with van der Waals surface area (Å²) in [7, 11) is 0. The van der Waals surface area contributed by atoms with Crippen molar-refractivity contribution < 1.29 is 9.13 Å². The highest BCUT2D eigenvalue weighted by Crippen LogP contribution is 2.21. The number of benzene rings is 1. The van der Waals surface area contributed by atoms with Crippen LogP contribution in [0.3, 0.4) is 0 Å². The van der Waals surface area contributed by atoms with E-state index in [1.54, 1.807) is 6.07 Å². The molecule has 0 amide bonds. The van der Waals surface area contributed by atoms with Gasteiger partial charge in [0.2, 0.25) is 0 Å². The average Bonchev–Trinajstić information content (AvgIpc) is 2.74. The Morgan fingerprint density at radius 3 is 2.90 bits per heavy atom. The molecule has 4 nitrogen and oxygen atoms in total. The van der Waals surface area contributed by atoms with Crippen molar-refractivity contribution in [2.24, 2.45) is 0 Å². The number of aromatic nitrogens is 2. The maximum Gasteiger partial charge on any atom is 0.178 e. The first-order chi connectivity index (χ1) is 9.65. The Morgan fingerprint density at radius 2 is 2.15 bits per heavy atom. The second-order valence-electron chi connectivity index (χ2n) is 5.22. The van der Waals surface area contributed by atoms with Gasteiger partial charge in [-0.3, -0.25) is 4.90 Å². The number of fused-ring (bicyclic) bond motifs is 1. The van der Waals surface area contributed by atoms with Gasteiger partial charge in [0.15, 0.2) is 4.77 Å². The van der Waals surface area contributed by atoms with Gasteiger partial charge < -0.3 is 14.3 Å². The van der Waals surface area contributed by atoms with E-state index in [0.717, 1.165) is 43.9 Å². The zero-order valence-electron chi connectivity index (χ0n) is 11.4. The van der Waals surface area contributed by atoms with Gasteiger partial charge in [0, 0.05) is 25.7 Å². The average molecular weight is 295 g/mol. The minimum Gasteiger partial charge on any atom is -0.379 e. The van der Waals surface area contributed by atoms with Crippen molar-refractivity contribution in [2.45, 2.75) is 13.0 Å². The summed E-state index contributed by atoms with van der Waals surface area (Å²) in [6, 6.07) is 4.98. The fourth-order valence-electron chi connectivity index (χ4n) is 2.78. The quantitative estimate of drug-likeness (QED) is 0.884. The molecule has 20 heavy (non-hydrogen) atoms. The number of nitrogens with one attached hydrogen (secondary N) is 1. The van der Waals surface area contributed by atoms with Gasteiger partial charge in [0.1, 0.15) is 5.82 Å². The van der Waals surface area contributed by atoms with E-state index in [2.05, 4.69) is 21.4 Å². The largest absolute Gasteiger partial charge is 0.379 e. The predicted molar refractivity (Wildman–Crippen MR) is 79.1 cm³/mol. The monoisotopic (exact) mass is 295 g/mol. The minimum atomic E-state index is -0.248. The Hall–Kier alpha value is -1.24. The Kier molecular flexibility index (Phi) is 3.87. The molecule has 1 saturated heterocycles. The topological polar surface area (TPSA) is 33.2 Å². The molecule has 108 valence electrons. The van der Waals surface area contributed by atoms with E-state index >= 15 is 0 Å². The number of H-pyrrole nitrogens is 1. The van der Waals surface area contributed by atoms with Gasteiger partial charge in [0.25, 0.3) is 0 Å². The molecule has 1 aliphatic heterocycles. The molecule has 2 aromatic rings. The summed E-state index contributed by atoms with van der Waals surface area (Å²) in [5.74, 6) is -0.248. The number of morpholine rings is 1. The number of aromatic amines is 1. The number of nitrogens with zero attached hydrogens (tertiary/aromatic N) is 2. The van der Waals surface area contributed by atoms with Crippen LogP contribution in [0.5, 0.6) is 0 Å². The van der Waals surface area contributed by atoms with E-state index in [9.17, 15) is 4.39 Å². The molecular formula is C14H18FN3OS. The molecule has 1 N–H and O–H groups in total. The number of imidazole rings is 1. The minimum absolute atomic E-state index is 0.236. The Labute approximate surface area is 122 Å². The molecule has 1 aliphatic rings. The van der Waals surface area contributed by atoms with Gasteiger partial charge in [-0.1, -0.05) is 0 Å². The number of ether oxygens (including phenoxy) is 1. The second kappa shape index (κ2) is 5.63. The van der Waals surface area contributed by atoms with Crippen molar-refractivity contribution >= 4 is 23.3 Å². The van der Waals surface area contributed by atoms with Gasteiger partial charge in [-0.15, -0.1) is 0 Å². The van der Waals surface area contributed by atoms with Crippen LogP contribution in [0.25, 0.3) is 11.0 Å². The van der Waals surface area contributed by atoms with Crippen molar-refractivity contribution in [3.8, 4) is 0 Å². The summed E-state index contributed by atoms with van der Waals surface area (Å²) in [6.45, 7) is 6.54. The van der Waals surface area contributed by atoms with Crippen LogP contribution in [0.2, 0.25) is 0 Å². The molecule has 1 fully saturated rings. The van der Waals surface area contributed by atoms with E-state index in [4.69, 9.17) is 17.0 Å². The summed E-state index contributed by atoms with van der Waals surface area (Å²) >= 11 is 5.38.